The Morgan fingerprint density at radius 2 is 1.74 bits per heavy atom. The van der Waals surface area contributed by atoms with Crippen molar-refractivity contribution in [1.29, 1.82) is 0 Å². The summed E-state index contributed by atoms with van der Waals surface area (Å²) < 4.78 is 0. The van der Waals surface area contributed by atoms with Crippen molar-refractivity contribution >= 4 is 17.3 Å². The normalized spacial score (nSPS) is 24.8. The number of hydrogen-bond acceptors (Lipinski definition) is 5. The van der Waals surface area contributed by atoms with E-state index in [1.54, 1.807) is 0 Å². The minimum Gasteiger partial charge on any atom is -0.480 e. The summed E-state index contributed by atoms with van der Waals surface area (Å²) >= 11 is 1.89. The van der Waals surface area contributed by atoms with Gasteiger partial charge in [0.25, 0.3) is 0 Å². The molecule has 1 aromatic heterocycles. The molecule has 0 radical (unpaired) electrons. The molecular formula is C17H27N3O2S. The second-order valence-corrected chi connectivity index (χ2v) is 8.03. The van der Waals surface area contributed by atoms with E-state index in [0.29, 0.717) is 6.54 Å². The van der Waals surface area contributed by atoms with Crippen LogP contribution in [0, 0.1) is 0 Å². The Balaban J connectivity index is 1.53. The Morgan fingerprint density at radius 1 is 1.09 bits per heavy atom. The molecule has 1 atom stereocenters. The zero-order valence-corrected chi connectivity index (χ0v) is 14.7. The average molecular weight is 337 g/mol. The molecule has 0 spiro atoms. The molecule has 0 saturated carbocycles. The van der Waals surface area contributed by atoms with Crippen LogP contribution in [0.1, 0.15) is 29.0 Å². The maximum atomic E-state index is 11.3. The number of carboxylic acids is 1. The molecule has 0 bridgehead atoms. The van der Waals surface area contributed by atoms with Crippen LogP contribution in [0.15, 0.2) is 12.1 Å². The third kappa shape index (κ3) is 4.53. The van der Waals surface area contributed by atoms with Crippen molar-refractivity contribution in [2.45, 2.75) is 38.4 Å². The lowest BCUT2D eigenvalue weighted by Crippen LogP contribution is -2.54. The van der Waals surface area contributed by atoms with Gasteiger partial charge in [-0.05, 0) is 45.1 Å². The number of aliphatic carboxylic acids is 1. The lowest BCUT2D eigenvalue weighted by molar-refractivity contribution is -0.145. The molecule has 0 amide bonds. The number of likely N-dealkylation sites (N-methyl/N-ethyl adjacent to an activating group) is 1. The number of hydrogen-bond donors (Lipinski definition) is 1. The molecule has 128 valence electrons. The highest BCUT2D eigenvalue weighted by Gasteiger charge is 2.29. The molecule has 2 fully saturated rings. The van der Waals surface area contributed by atoms with Crippen LogP contribution in [0.3, 0.4) is 0 Å². The van der Waals surface area contributed by atoms with Crippen molar-refractivity contribution in [3.8, 4) is 0 Å². The zero-order valence-electron chi connectivity index (χ0n) is 13.9. The predicted molar refractivity (Wildman–Crippen MR) is 92.8 cm³/mol. The van der Waals surface area contributed by atoms with Crippen LogP contribution >= 0.6 is 11.3 Å². The second-order valence-electron chi connectivity index (χ2n) is 6.77. The van der Waals surface area contributed by atoms with Crippen LogP contribution < -0.4 is 0 Å². The molecule has 3 rings (SSSR count). The fourth-order valence-corrected chi connectivity index (χ4v) is 4.59. The summed E-state index contributed by atoms with van der Waals surface area (Å²) in [5.74, 6) is -0.714. The van der Waals surface area contributed by atoms with Gasteiger partial charge in [-0.1, -0.05) is 6.42 Å². The SMILES string of the molecule is CN1CCN(Cc2ccc(CN3CCCCC3)s2)CC1C(=O)O. The van der Waals surface area contributed by atoms with E-state index in [2.05, 4.69) is 21.9 Å². The van der Waals surface area contributed by atoms with Crippen LogP contribution in [-0.4, -0.2) is 71.6 Å². The molecule has 23 heavy (non-hydrogen) atoms. The largest absolute Gasteiger partial charge is 0.480 e. The van der Waals surface area contributed by atoms with E-state index >= 15 is 0 Å². The summed E-state index contributed by atoms with van der Waals surface area (Å²) in [4.78, 5) is 20.9. The maximum absolute atomic E-state index is 11.3. The van der Waals surface area contributed by atoms with Crippen molar-refractivity contribution < 1.29 is 9.90 Å². The molecule has 1 unspecified atom stereocenters. The number of rotatable bonds is 5. The lowest BCUT2D eigenvalue weighted by Gasteiger charge is -2.36. The molecule has 2 saturated heterocycles. The number of carboxylic acid groups (broad SMARTS) is 1. The first-order chi connectivity index (χ1) is 11.1. The van der Waals surface area contributed by atoms with Crippen LogP contribution in [-0.2, 0) is 17.9 Å². The van der Waals surface area contributed by atoms with E-state index in [1.807, 2.05) is 23.3 Å². The van der Waals surface area contributed by atoms with Crippen molar-refractivity contribution in [1.82, 2.24) is 14.7 Å². The van der Waals surface area contributed by atoms with Gasteiger partial charge in [-0.15, -0.1) is 11.3 Å². The number of nitrogens with zero attached hydrogens (tertiary/aromatic N) is 3. The minimum atomic E-state index is -0.714. The van der Waals surface area contributed by atoms with Crippen LogP contribution in [0.2, 0.25) is 0 Å². The number of likely N-dealkylation sites (tertiary alicyclic amines) is 1. The molecule has 3 heterocycles. The first-order valence-electron chi connectivity index (χ1n) is 8.57. The highest BCUT2D eigenvalue weighted by atomic mass is 32.1. The van der Waals surface area contributed by atoms with Gasteiger partial charge in [0.05, 0.1) is 0 Å². The van der Waals surface area contributed by atoms with Gasteiger partial charge >= 0.3 is 5.97 Å². The van der Waals surface area contributed by atoms with E-state index in [1.165, 1.54) is 42.1 Å². The third-order valence-electron chi connectivity index (χ3n) is 4.94. The van der Waals surface area contributed by atoms with E-state index in [9.17, 15) is 9.90 Å². The molecule has 0 aromatic carbocycles. The van der Waals surface area contributed by atoms with E-state index in [-0.39, 0.29) is 6.04 Å². The number of thiophene rings is 1. The van der Waals surface area contributed by atoms with Gasteiger partial charge < -0.3 is 5.11 Å². The van der Waals surface area contributed by atoms with Gasteiger partial charge in [0.1, 0.15) is 6.04 Å². The Labute approximate surface area is 142 Å². The summed E-state index contributed by atoms with van der Waals surface area (Å²) in [6.07, 6.45) is 4.03. The molecule has 2 aliphatic heterocycles. The van der Waals surface area contributed by atoms with E-state index in [0.717, 1.165) is 26.2 Å². The quantitative estimate of drug-likeness (QED) is 0.890. The lowest BCUT2D eigenvalue weighted by atomic mass is 10.1. The summed E-state index contributed by atoms with van der Waals surface area (Å²) in [6.45, 7) is 6.79. The molecule has 1 N–H and O–H groups in total. The maximum Gasteiger partial charge on any atom is 0.322 e. The smallest absolute Gasteiger partial charge is 0.322 e. The molecule has 2 aliphatic rings. The Bertz CT molecular complexity index is 528. The fourth-order valence-electron chi connectivity index (χ4n) is 3.49. The van der Waals surface area contributed by atoms with Gasteiger partial charge in [-0.3, -0.25) is 19.5 Å². The van der Waals surface area contributed by atoms with Gasteiger partial charge in [0, 0.05) is 42.5 Å². The Morgan fingerprint density at radius 3 is 2.39 bits per heavy atom. The number of piperazine rings is 1. The summed E-state index contributed by atoms with van der Waals surface area (Å²) in [6, 6.07) is 4.09. The average Bonchev–Trinajstić information content (AvgIpc) is 2.97. The molecule has 5 nitrogen and oxygen atoms in total. The summed E-state index contributed by atoms with van der Waals surface area (Å²) in [7, 11) is 1.90. The summed E-state index contributed by atoms with van der Waals surface area (Å²) in [5.41, 5.74) is 0. The van der Waals surface area contributed by atoms with Crippen LogP contribution in [0.25, 0.3) is 0 Å². The van der Waals surface area contributed by atoms with Crippen molar-refractivity contribution in [2.75, 3.05) is 39.8 Å². The van der Waals surface area contributed by atoms with Crippen molar-refractivity contribution in [3.05, 3.63) is 21.9 Å². The molecule has 1 aromatic rings. The van der Waals surface area contributed by atoms with E-state index < -0.39 is 5.97 Å². The second kappa shape index (κ2) is 7.75. The van der Waals surface area contributed by atoms with Gasteiger partial charge in [-0.25, -0.2) is 0 Å². The summed E-state index contributed by atoms with van der Waals surface area (Å²) in [5, 5.41) is 9.31. The van der Waals surface area contributed by atoms with Gasteiger partial charge in [0.15, 0.2) is 0 Å². The molecular weight excluding hydrogens is 310 g/mol. The first kappa shape index (κ1) is 16.9. The third-order valence-corrected chi connectivity index (χ3v) is 6.00. The fraction of sp³-hybridized carbons (Fsp3) is 0.706. The van der Waals surface area contributed by atoms with Crippen LogP contribution in [0.5, 0.6) is 0 Å². The zero-order chi connectivity index (χ0) is 16.2. The predicted octanol–water partition coefficient (Wildman–Crippen LogP) is 1.93. The monoisotopic (exact) mass is 337 g/mol. The van der Waals surface area contributed by atoms with E-state index in [4.69, 9.17) is 0 Å². The highest BCUT2D eigenvalue weighted by molar-refractivity contribution is 7.11. The molecule has 6 heteroatoms. The van der Waals surface area contributed by atoms with Crippen LogP contribution in [0.4, 0.5) is 0 Å². The Hall–Kier alpha value is -0.950. The first-order valence-corrected chi connectivity index (χ1v) is 9.39. The number of carbonyl (C=O) groups is 1. The topological polar surface area (TPSA) is 47.0 Å². The van der Waals surface area contributed by atoms with Gasteiger partial charge in [-0.2, -0.15) is 0 Å². The van der Waals surface area contributed by atoms with Crippen molar-refractivity contribution in [3.63, 3.8) is 0 Å². The minimum absolute atomic E-state index is 0.378. The molecule has 0 aliphatic carbocycles. The highest BCUT2D eigenvalue weighted by Crippen LogP contribution is 2.22. The van der Waals surface area contributed by atoms with Crippen molar-refractivity contribution in [2.24, 2.45) is 0 Å². The van der Waals surface area contributed by atoms with Gasteiger partial charge in [0.2, 0.25) is 0 Å². The Kier molecular flexibility index (Phi) is 5.69. The number of piperidine rings is 1. The standard InChI is InChI=1S/C17H27N3O2S/c1-18-9-10-20(13-16(18)17(21)22)12-15-6-5-14(23-15)11-19-7-3-2-4-8-19/h5-6,16H,2-4,7-13H2,1H3,(H,21,22).